The first-order valence-corrected chi connectivity index (χ1v) is 4.90. The molecule has 0 aromatic carbocycles. The summed E-state index contributed by atoms with van der Waals surface area (Å²) in [6.07, 6.45) is 1.60. The molecule has 1 heterocycles. The standard InChI is InChI=1S/C11H17N3O/c1-11(2,3)14-10(15)9-6-8(7-12)4-5-13-9/h4-6H,7,12H2,1-3H3,(H,14,15). The van der Waals surface area contributed by atoms with Crippen LogP contribution in [-0.4, -0.2) is 16.4 Å². The molecule has 0 spiro atoms. The molecule has 0 unspecified atom stereocenters. The second-order valence-corrected chi connectivity index (χ2v) is 4.46. The molecule has 0 aliphatic rings. The Morgan fingerprint density at radius 3 is 2.73 bits per heavy atom. The van der Waals surface area contributed by atoms with Crippen LogP contribution in [-0.2, 0) is 6.54 Å². The van der Waals surface area contributed by atoms with Crippen LogP contribution in [0.2, 0.25) is 0 Å². The predicted octanol–water partition coefficient (Wildman–Crippen LogP) is 1.07. The summed E-state index contributed by atoms with van der Waals surface area (Å²) in [5.41, 5.74) is 6.55. The van der Waals surface area contributed by atoms with E-state index >= 15 is 0 Å². The number of hydrogen-bond donors (Lipinski definition) is 2. The van der Waals surface area contributed by atoms with Gasteiger partial charge in [0.25, 0.3) is 5.91 Å². The summed E-state index contributed by atoms with van der Waals surface area (Å²) in [6, 6.07) is 3.51. The lowest BCUT2D eigenvalue weighted by molar-refractivity contribution is 0.0914. The van der Waals surface area contributed by atoms with E-state index in [0.717, 1.165) is 5.56 Å². The fourth-order valence-corrected chi connectivity index (χ4v) is 1.13. The van der Waals surface area contributed by atoms with E-state index in [2.05, 4.69) is 10.3 Å². The van der Waals surface area contributed by atoms with E-state index in [1.807, 2.05) is 20.8 Å². The van der Waals surface area contributed by atoms with Crippen molar-refractivity contribution in [3.63, 3.8) is 0 Å². The number of rotatable bonds is 2. The Morgan fingerprint density at radius 2 is 2.20 bits per heavy atom. The minimum Gasteiger partial charge on any atom is -0.346 e. The molecule has 0 fully saturated rings. The molecule has 0 radical (unpaired) electrons. The van der Waals surface area contributed by atoms with Crippen LogP contribution in [0, 0.1) is 0 Å². The number of pyridine rings is 1. The molecule has 1 aromatic heterocycles. The molecule has 0 bridgehead atoms. The second-order valence-electron chi connectivity index (χ2n) is 4.46. The monoisotopic (exact) mass is 207 g/mol. The average molecular weight is 207 g/mol. The maximum atomic E-state index is 11.7. The zero-order valence-corrected chi connectivity index (χ0v) is 9.37. The lowest BCUT2D eigenvalue weighted by atomic mass is 10.1. The van der Waals surface area contributed by atoms with Crippen molar-refractivity contribution in [1.29, 1.82) is 0 Å². The van der Waals surface area contributed by atoms with Crippen molar-refractivity contribution in [2.75, 3.05) is 0 Å². The third-order valence-corrected chi connectivity index (χ3v) is 1.78. The summed E-state index contributed by atoms with van der Waals surface area (Å²) in [7, 11) is 0. The van der Waals surface area contributed by atoms with E-state index in [1.165, 1.54) is 0 Å². The lowest BCUT2D eigenvalue weighted by Gasteiger charge is -2.20. The minimum absolute atomic E-state index is 0.169. The number of aromatic nitrogens is 1. The molecular weight excluding hydrogens is 190 g/mol. The largest absolute Gasteiger partial charge is 0.346 e. The maximum Gasteiger partial charge on any atom is 0.270 e. The number of hydrogen-bond acceptors (Lipinski definition) is 3. The van der Waals surface area contributed by atoms with Gasteiger partial charge < -0.3 is 11.1 Å². The van der Waals surface area contributed by atoms with Gasteiger partial charge in [0.05, 0.1) is 0 Å². The van der Waals surface area contributed by atoms with E-state index in [-0.39, 0.29) is 11.4 Å². The zero-order chi connectivity index (χ0) is 11.5. The van der Waals surface area contributed by atoms with Gasteiger partial charge in [-0.25, -0.2) is 0 Å². The SMILES string of the molecule is CC(C)(C)NC(=O)c1cc(CN)ccn1. The highest BCUT2D eigenvalue weighted by molar-refractivity contribution is 5.92. The molecule has 0 aliphatic heterocycles. The van der Waals surface area contributed by atoms with Gasteiger partial charge in [0.1, 0.15) is 5.69 Å². The molecule has 15 heavy (non-hydrogen) atoms. The molecule has 0 aliphatic carbocycles. The van der Waals surface area contributed by atoms with Gasteiger partial charge in [0, 0.05) is 18.3 Å². The Hall–Kier alpha value is -1.42. The fourth-order valence-electron chi connectivity index (χ4n) is 1.13. The van der Waals surface area contributed by atoms with E-state index in [9.17, 15) is 4.79 Å². The number of nitrogens with zero attached hydrogens (tertiary/aromatic N) is 1. The first kappa shape index (κ1) is 11.7. The van der Waals surface area contributed by atoms with Crippen molar-refractivity contribution in [2.24, 2.45) is 5.73 Å². The van der Waals surface area contributed by atoms with Crippen LogP contribution in [0.15, 0.2) is 18.3 Å². The van der Waals surface area contributed by atoms with Crippen molar-refractivity contribution < 1.29 is 4.79 Å². The Balaban J connectivity index is 2.82. The molecule has 0 atom stereocenters. The molecule has 0 saturated heterocycles. The molecule has 1 rings (SSSR count). The Labute approximate surface area is 89.9 Å². The average Bonchev–Trinajstić information content (AvgIpc) is 2.15. The van der Waals surface area contributed by atoms with Crippen molar-refractivity contribution >= 4 is 5.91 Å². The quantitative estimate of drug-likeness (QED) is 0.762. The molecule has 0 saturated carbocycles. The first-order chi connectivity index (χ1) is 6.92. The summed E-state index contributed by atoms with van der Waals surface area (Å²) >= 11 is 0. The van der Waals surface area contributed by atoms with Gasteiger partial charge in [-0.05, 0) is 38.5 Å². The summed E-state index contributed by atoms with van der Waals surface area (Å²) in [5.74, 6) is -0.169. The van der Waals surface area contributed by atoms with E-state index in [0.29, 0.717) is 12.2 Å². The zero-order valence-electron chi connectivity index (χ0n) is 9.37. The molecule has 1 aromatic rings. The van der Waals surface area contributed by atoms with Gasteiger partial charge in [0.15, 0.2) is 0 Å². The van der Waals surface area contributed by atoms with Crippen molar-refractivity contribution in [2.45, 2.75) is 32.9 Å². The van der Waals surface area contributed by atoms with Crippen LogP contribution in [0.1, 0.15) is 36.8 Å². The van der Waals surface area contributed by atoms with Crippen LogP contribution in [0.25, 0.3) is 0 Å². The smallest absolute Gasteiger partial charge is 0.270 e. The minimum atomic E-state index is -0.252. The van der Waals surface area contributed by atoms with Crippen LogP contribution in [0.4, 0.5) is 0 Å². The molecular formula is C11H17N3O. The van der Waals surface area contributed by atoms with Crippen LogP contribution in [0.3, 0.4) is 0 Å². The fraction of sp³-hybridized carbons (Fsp3) is 0.455. The highest BCUT2D eigenvalue weighted by Crippen LogP contribution is 2.04. The van der Waals surface area contributed by atoms with E-state index < -0.39 is 0 Å². The van der Waals surface area contributed by atoms with Gasteiger partial charge in [-0.2, -0.15) is 0 Å². The first-order valence-electron chi connectivity index (χ1n) is 4.90. The molecule has 3 N–H and O–H groups in total. The van der Waals surface area contributed by atoms with Crippen LogP contribution >= 0.6 is 0 Å². The third-order valence-electron chi connectivity index (χ3n) is 1.78. The topological polar surface area (TPSA) is 68.0 Å². The molecule has 4 heteroatoms. The highest BCUT2D eigenvalue weighted by Gasteiger charge is 2.16. The summed E-state index contributed by atoms with van der Waals surface area (Å²) in [4.78, 5) is 15.7. The van der Waals surface area contributed by atoms with Crippen molar-refractivity contribution in [3.8, 4) is 0 Å². The molecule has 4 nitrogen and oxygen atoms in total. The predicted molar refractivity (Wildman–Crippen MR) is 59.3 cm³/mol. The van der Waals surface area contributed by atoms with E-state index in [1.54, 1.807) is 18.3 Å². The van der Waals surface area contributed by atoms with Gasteiger partial charge in [0.2, 0.25) is 0 Å². The summed E-state index contributed by atoms with van der Waals surface area (Å²) in [6.45, 7) is 6.20. The summed E-state index contributed by atoms with van der Waals surface area (Å²) in [5, 5.41) is 2.84. The van der Waals surface area contributed by atoms with Crippen LogP contribution < -0.4 is 11.1 Å². The maximum absolute atomic E-state index is 11.7. The number of nitrogens with two attached hydrogens (primary N) is 1. The molecule has 82 valence electrons. The highest BCUT2D eigenvalue weighted by atomic mass is 16.2. The Bertz CT molecular complexity index is 355. The number of nitrogens with one attached hydrogen (secondary N) is 1. The summed E-state index contributed by atoms with van der Waals surface area (Å²) < 4.78 is 0. The number of carbonyl (C=O) groups is 1. The Morgan fingerprint density at radius 1 is 1.53 bits per heavy atom. The van der Waals surface area contributed by atoms with Crippen LogP contribution in [0.5, 0.6) is 0 Å². The normalized spacial score (nSPS) is 11.2. The second kappa shape index (κ2) is 4.40. The van der Waals surface area contributed by atoms with Gasteiger partial charge >= 0.3 is 0 Å². The lowest BCUT2D eigenvalue weighted by Crippen LogP contribution is -2.40. The number of amides is 1. The van der Waals surface area contributed by atoms with Crippen molar-refractivity contribution in [3.05, 3.63) is 29.6 Å². The van der Waals surface area contributed by atoms with Crippen molar-refractivity contribution in [1.82, 2.24) is 10.3 Å². The van der Waals surface area contributed by atoms with E-state index in [4.69, 9.17) is 5.73 Å². The van der Waals surface area contributed by atoms with Gasteiger partial charge in [-0.15, -0.1) is 0 Å². The van der Waals surface area contributed by atoms with Gasteiger partial charge in [-0.3, -0.25) is 9.78 Å². The molecule has 1 amide bonds. The number of carbonyl (C=O) groups excluding carboxylic acids is 1. The van der Waals surface area contributed by atoms with Gasteiger partial charge in [-0.1, -0.05) is 0 Å². The third kappa shape index (κ3) is 3.67. The Kier molecular flexibility index (Phi) is 3.42.